The maximum atomic E-state index is 6.33. The Hall–Kier alpha value is -6.13. The molecule has 7 aromatic carbocycles. The first-order valence-electron chi connectivity index (χ1n) is 15.0. The van der Waals surface area contributed by atoms with E-state index in [0.29, 0.717) is 5.89 Å². The third kappa shape index (κ3) is 4.27. The fourth-order valence-electron chi connectivity index (χ4n) is 6.36. The molecule has 0 spiro atoms. The van der Waals surface area contributed by atoms with Gasteiger partial charge in [-0.15, -0.1) is 0 Å². The molecule has 45 heavy (non-hydrogen) atoms. The molecule has 9 aromatic rings. The number of para-hydroxylation sites is 2. The normalized spacial score (nSPS) is 11.6. The number of hydrogen-bond acceptors (Lipinski definition) is 4. The molecule has 0 unspecified atom stereocenters. The Labute approximate surface area is 259 Å². The Morgan fingerprint density at radius 1 is 0.422 bits per heavy atom. The second-order valence-electron chi connectivity index (χ2n) is 11.2. The summed E-state index contributed by atoms with van der Waals surface area (Å²) in [6, 6.07) is 54.5. The van der Waals surface area contributed by atoms with Crippen molar-refractivity contribution in [3.63, 3.8) is 0 Å². The van der Waals surface area contributed by atoms with E-state index in [0.717, 1.165) is 77.6 Å². The molecule has 0 bridgehead atoms. The van der Waals surface area contributed by atoms with Crippen LogP contribution in [0.4, 0.5) is 17.1 Å². The standard InChI is InChI=1S/C41H26N2O2/c1-3-11-28(12-4-1)41-42-37-26-35(32-15-7-8-17-34(32)40(37)45-41)27-19-21-30(22-20-27)43(29-13-5-2-6-14-29)31-23-24-39-36(25-31)33-16-9-10-18-38(33)44-39/h1-26H. The molecule has 212 valence electrons. The lowest BCUT2D eigenvalue weighted by Crippen LogP contribution is -2.09. The number of fused-ring (bicyclic) bond motifs is 6. The molecule has 2 aromatic heterocycles. The zero-order chi connectivity index (χ0) is 29.7. The predicted octanol–water partition coefficient (Wildman–Crippen LogP) is 11.7. The van der Waals surface area contributed by atoms with Gasteiger partial charge < -0.3 is 13.7 Å². The Morgan fingerprint density at radius 2 is 1.04 bits per heavy atom. The number of aromatic nitrogens is 1. The molecular formula is C41H26N2O2. The largest absolute Gasteiger partial charge is 0.456 e. The summed E-state index contributed by atoms with van der Waals surface area (Å²) in [6.45, 7) is 0. The average molecular weight is 579 g/mol. The maximum Gasteiger partial charge on any atom is 0.227 e. The molecule has 0 saturated heterocycles. The van der Waals surface area contributed by atoms with Gasteiger partial charge in [0.05, 0.1) is 0 Å². The minimum Gasteiger partial charge on any atom is -0.456 e. The molecule has 0 aliphatic carbocycles. The van der Waals surface area contributed by atoms with Crippen molar-refractivity contribution in [2.24, 2.45) is 0 Å². The van der Waals surface area contributed by atoms with E-state index in [-0.39, 0.29) is 0 Å². The summed E-state index contributed by atoms with van der Waals surface area (Å²) < 4.78 is 12.5. The SMILES string of the molecule is c1ccc(-c2nc3cc(-c4ccc(N(c5ccccc5)c5ccc6oc7ccccc7c6c5)cc4)c4ccccc4c3o2)cc1. The third-order valence-electron chi connectivity index (χ3n) is 8.49. The zero-order valence-electron chi connectivity index (χ0n) is 24.2. The van der Waals surface area contributed by atoms with Gasteiger partial charge in [-0.25, -0.2) is 4.98 Å². The lowest BCUT2D eigenvalue weighted by molar-refractivity contribution is 0.623. The topological polar surface area (TPSA) is 42.4 Å². The van der Waals surface area contributed by atoms with Crippen LogP contribution in [0.5, 0.6) is 0 Å². The fourth-order valence-corrected chi connectivity index (χ4v) is 6.36. The molecular weight excluding hydrogens is 552 g/mol. The van der Waals surface area contributed by atoms with E-state index in [1.54, 1.807) is 0 Å². The summed E-state index contributed by atoms with van der Waals surface area (Å²) in [7, 11) is 0. The van der Waals surface area contributed by atoms with Crippen molar-refractivity contribution >= 4 is 60.9 Å². The van der Waals surface area contributed by atoms with E-state index in [4.69, 9.17) is 13.8 Å². The van der Waals surface area contributed by atoms with Crippen LogP contribution in [0.25, 0.3) is 66.4 Å². The lowest BCUT2D eigenvalue weighted by Gasteiger charge is -2.25. The summed E-state index contributed by atoms with van der Waals surface area (Å²) in [4.78, 5) is 7.19. The average Bonchev–Trinajstić information content (AvgIpc) is 3.71. The summed E-state index contributed by atoms with van der Waals surface area (Å²) in [5.74, 6) is 0.629. The van der Waals surface area contributed by atoms with Gasteiger partial charge >= 0.3 is 0 Å². The van der Waals surface area contributed by atoms with Gasteiger partial charge in [-0.3, -0.25) is 0 Å². The number of anilines is 3. The molecule has 0 N–H and O–H groups in total. The van der Waals surface area contributed by atoms with Crippen LogP contribution in [0.2, 0.25) is 0 Å². The summed E-state index contributed by atoms with van der Waals surface area (Å²) >= 11 is 0. The van der Waals surface area contributed by atoms with Gasteiger partial charge in [-0.2, -0.15) is 0 Å². The van der Waals surface area contributed by atoms with Crippen LogP contribution in [-0.4, -0.2) is 4.98 Å². The highest BCUT2D eigenvalue weighted by molar-refractivity contribution is 6.11. The highest BCUT2D eigenvalue weighted by atomic mass is 16.3. The van der Waals surface area contributed by atoms with Crippen LogP contribution in [0, 0.1) is 0 Å². The molecule has 2 heterocycles. The van der Waals surface area contributed by atoms with E-state index in [9.17, 15) is 0 Å². The van der Waals surface area contributed by atoms with E-state index in [1.165, 1.54) is 0 Å². The second kappa shape index (κ2) is 10.2. The fraction of sp³-hybridized carbons (Fsp3) is 0. The molecule has 0 saturated carbocycles. The van der Waals surface area contributed by atoms with Gasteiger partial charge in [-0.05, 0) is 83.2 Å². The number of hydrogen-bond donors (Lipinski definition) is 0. The molecule has 0 amide bonds. The van der Waals surface area contributed by atoms with Crippen LogP contribution < -0.4 is 4.90 Å². The van der Waals surface area contributed by atoms with Crippen LogP contribution in [-0.2, 0) is 0 Å². The zero-order valence-corrected chi connectivity index (χ0v) is 24.2. The van der Waals surface area contributed by atoms with Crippen molar-refractivity contribution in [3.8, 4) is 22.6 Å². The van der Waals surface area contributed by atoms with Gasteiger partial charge in [-0.1, -0.05) is 91.0 Å². The van der Waals surface area contributed by atoms with E-state index in [2.05, 4.69) is 114 Å². The molecule has 0 aliphatic heterocycles. The van der Waals surface area contributed by atoms with Crippen LogP contribution in [0.1, 0.15) is 0 Å². The molecule has 0 fully saturated rings. The maximum absolute atomic E-state index is 6.33. The van der Waals surface area contributed by atoms with Crippen molar-refractivity contribution in [1.82, 2.24) is 4.98 Å². The van der Waals surface area contributed by atoms with Gasteiger partial charge in [0.1, 0.15) is 16.7 Å². The molecule has 0 aliphatic rings. The van der Waals surface area contributed by atoms with Crippen LogP contribution >= 0.6 is 0 Å². The number of rotatable bonds is 5. The Balaban J connectivity index is 1.17. The van der Waals surface area contributed by atoms with Gasteiger partial charge in [0, 0.05) is 38.8 Å². The first kappa shape index (κ1) is 25.4. The Kier molecular flexibility index (Phi) is 5.78. The molecule has 0 atom stereocenters. The van der Waals surface area contributed by atoms with Gasteiger partial charge in [0.15, 0.2) is 5.58 Å². The molecule has 9 rings (SSSR count). The van der Waals surface area contributed by atoms with Crippen molar-refractivity contribution in [3.05, 3.63) is 158 Å². The van der Waals surface area contributed by atoms with E-state index < -0.39 is 0 Å². The van der Waals surface area contributed by atoms with Crippen LogP contribution in [0.15, 0.2) is 167 Å². The predicted molar refractivity (Wildman–Crippen MR) is 184 cm³/mol. The quantitative estimate of drug-likeness (QED) is 0.204. The van der Waals surface area contributed by atoms with Crippen molar-refractivity contribution in [2.75, 3.05) is 4.90 Å². The smallest absolute Gasteiger partial charge is 0.227 e. The Morgan fingerprint density at radius 3 is 1.84 bits per heavy atom. The highest BCUT2D eigenvalue weighted by Gasteiger charge is 2.18. The second-order valence-corrected chi connectivity index (χ2v) is 11.2. The summed E-state index contributed by atoms with van der Waals surface area (Å²) in [5.41, 5.74) is 9.85. The first-order valence-corrected chi connectivity index (χ1v) is 15.0. The van der Waals surface area contributed by atoms with Crippen molar-refractivity contribution in [1.29, 1.82) is 0 Å². The minimum atomic E-state index is 0.629. The summed E-state index contributed by atoms with van der Waals surface area (Å²) in [5, 5.41) is 4.40. The van der Waals surface area contributed by atoms with Gasteiger partial charge in [0.25, 0.3) is 0 Å². The first-order chi connectivity index (χ1) is 22.3. The van der Waals surface area contributed by atoms with Gasteiger partial charge in [0.2, 0.25) is 5.89 Å². The van der Waals surface area contributed by atoms with Crippen molar-refractivity contribution < 1.29 is 8.83 Å². The van der Waals surface area contributed by atoms with Crippen molar-refractivity contribution in [2.45, 2.75) is 0 Å². The Bertz CT molecular complexity index is 2480. The van der Waals surface area contributed by atoms with E-state index >= 15 is 0 Å². The minimum absolute atomic E-state index is 0.629. The van der Waals surface area contributed by atoms with Crippen LogP contribution in [0.3, 0.4) is 0 Å². The molecule has 0 radical (unpaired) electrons. The number of furan rings is 1. The number of benzene rings is 7. The monoisotopic (exact) mass is 578 g/mol. The number of oxazole rings is 1. The summed E-state index contributed by atoms with van der Waals surface area (Å²) in [6.07, 6.45) is 0. The highest BCUT2D eigenvalue weighted by Crippen LogP contribution is 2.41. The lowest BCUT2D eigenvalue weighted by atomic mass is 9.97. The number of nitrogens with zero attached hydrogens (tertiary/aromatic N) is 2. The molecule has 4 heteroatoms. The molecule has 4 nitrogen and oxygen atoms in total. The van der Waals surface area contributed by atoms with E-state index in [1.807, 2.05) is 48.5 Å². The third-order valence-corrected chi connectivity index (χ3v) is 8.49.